The molecule has 0 bridgehead atoms. The highest BCUT2D eigenvalue weighted by atomic mass is 16.7. The Hall–Kier alpha value is -1.83. The molecule has 0 aliphatic heterocycles. The van der Waals surface area contributed by atoms with Crippen LogP contribution in [-0.2, 0) is 9.47 Å². The van der Waals surface area contributed by atoms with Crippen LogP contribution in [0, 0.1) is 0 Å². The number of hydrogen-bond acceptors (Lipinski definition) is 6. The molecular formula is C14H21N5O2. The van der Waals surface area contributed by atoms with Gasteiger partial charge in [0.1, 0.15) is 6.33 Å². The quantitative estimate of drug-likeness (QED) is 0.776. The van der Waals surface area contributed by atoms with Crippen LogP contribution in [0.4, 0.5) is 0 Å². The number of nitrogens with one attached hydrogen (secondary N) is 1. The van der Waals surface area contributed by atoms with E-state index in [4.69, 9.17) is 9.47 Å². The Kier molecular flexibility index (Phi) is 5.38. The predicted octanol–water partition coefficient (Wildman–Crippen LogP) is 1.32. The lowest BCUT2D eigenvalue weighted by atomic mass is 10.1. The number of ether oxygens (including phenoxy) is 2. The van der Waals surface area contributed by atoms with Crippen molar-refractivity contribution in [3.63, 3.8) is 0 Å². The summed E-state index contributed by atoms with van der Waals surface area (Å²) in [6.45, 7) is 4.12. The Morgan fingerprint density at radius 1 is 1.19 bits per heavy atom. The molecule has 0 aliphatic rings. The monoisotopic (exact) mass is 291 g/mol. The maximum Gasteiger partial charge on any atom is 0.171 e. The van der Waals surface area contributed by atoms with Gasteiger partial charge in [0.2, 0.25) is 0 Å². The van der Waals surface area contributed by atoms with Crippen LogP contribution >= 0.6 is 0 Å². The summed E-state index contributed by atoms with van der Waals surface area (Å²) in [5.41, 5.74) is 2.06. The molecule has 2 rings (SSSR count). The Morgan fingerprint density at radius 2 is 1.95 bits per heavy atom. The highest BCUT2D eigenvalue weighted by Gasteiger charge is 2.18. The molecule has 0 fully saturated rings. The summed E-state index contributed by atoms with van der Waals surface area (Å²) in [6, 6.07) is 8.26. The van der Waals surface area contributed by atoms with E-state index in [1.165, 1.54) is 0 Å². The predicted molar refractivity (Wildman–Crippen MR) is 78.0 cm³/mol. The van der Waals surface area contributed by atoms with E-state index < -0.39 is 0 Å². The molecule has 114 valence electrons. The number of benzene rings is 1. The maximum atomic E-state index is 5.27. The van der Waals surface area contributed by atoms with E-state index in [1.54, 1.807) is 25.2 Å². The number of methoxy groups -OCH3 is 2. The molecule has 2 atom stereocenters. The van der Waals surface area contributed by atoms with E-state index >= 15 is 0 Å². The SMILES string of the molecule is COC(OC)C(C)NC(C)c1cccc(-n2cnnn2)c1. The first-order valence-corrected chi connectivity index (χ1v) is 6.80. The smallest absolute Gasteiger partial charge is 0.171 e. The fourth-order valence-electron chi connectivity index (χ4n) is 2.29. The second kappa shape index (κ2) is 7.26. The lowest BCUT2D eigenvalue weighted by molar-refractivity contribution is -0.120. The van der Waals surface area contributed by atoms with E-state index in [1.807, 2.05) is 19.1 Å². The standard InChI is InChI=1S/C14H21N5O2/c1-10(16-11(2)14(20-3)21-4)12-6-5-7-13(8-12)19-9-15-17-18-19/h5-11,14,16H,1-4H3. The molecule has 1 aromatic heterocycles. The minimum absolute atomic E-state index is 0.0618. The van der Waals surface area contributed by atoms with Gasteiger partial charge in [0.05, 0.1) is 11.7 Å². The van der Waals surface area contributed by atoms with Crippen molar-refractivity contribution in [1.29, 1.82) is 0 Å². The molecule has 1 N–H and O–H groups in total. The first-order valence-electron chi connectivity index (χ1n) is 6.80. The fraction of sp³-hybridized carbons (Fsp3) is 0.500. The van der Waals surface area contributed by atoms with Crippen LogP contribution in [-0.4, -0.2) is 46.8 Å². The largest absolute Gasteiger partial charge is 0.354 e. The van der Waals surface area contributed by atoms with E-state index in [9.17, 15) is 0 Å². The Labute approximate surface area is 124 Å². The summed E-state index contributed by atoms with van der Waals surface area (Å²) in [5, 5.41) is 14.7. The molecule has 0 saturated carbocycles. The second-order valence-electron chi connectivity index (χ2n) is 4.87. The third-order valence-corrected chi connectivity index (χ3v) is 3.37. The molecule has 1 heterocycles. The zero-order valence-electron chi connectivity index (χ0n) is 12.7. The van der Waals surface area contributed by atoms with E-state index in [2.05, 4.69) is 39.9 Å². The normalized spacial score (nSPS) is 14.3. The van der Waals surface area contributed by atoms with Gasteiger partial charge in [0, 0.05) is 20.3 Å². The Balaban J connectivity index is 2.09. The summed E-state index contributed by atoms with van der Waals surface area (Å²) in [5.74, 6) is 0. The van der Waals surface area contributed by atoms with Crippen LogP contribution in [0.3, 0.4) is 0 Å². The van der Waals surface area contributed by atoms with Gasteiger partial charge in [-0.1, -0.05) is 12.1 Å². The van der Waals surface area contributed by atoms with Crippen LogP contribution in [0.15, 0.2) is 30.6 Å². The van der Waals surface area contributed by atoms with Crippen LogP contribution in [0.5, 0.6) is 0 Å². The van der Waals surface area contributed by atoms with Crippen molar-refractivity contribution in [3.8, 4) is 5.69 Å². The molecule has 0 radical (unpaired) electrons. The summed E-state index contributed by atoms with van der Waals surface area (Å²) < 4.78 is 12.2. The van der Waals surface area contributed by atoms with Gasteiger partial charge in [-0.25, -0.2) is 4.68 Å². The van der Waals surface area contributed by atoms with Crippen LogP contribution < -0.4 is 5.32 Å². The van der Waals surface area contributed by atoms with Gasteiger partial charge in [-0.05, 0) is 42.0 Å². The minimum Gasteiger partial charge on any atom is -0.354 e. The van der Waals surface area contributed by atoms with Gasteiger partial charge >= 0.3 is 0 Å². The number of hydrogen-bond donors (Lipinski definition) is 1. The maximum absolute atomic E-state index is 5.27. The van der Waals surface area contributed by atoms with E-state index in [-0.39, 0.29) is 18.4 Å². The Bertz CT molecular complexity index is 542. The lowest BCUT2D eigenvalue weighted by Crippen LogP contribution is -2.40. The number of rotatable bonds is 7. The first kappa shape index (κ1) is 15.6. The van der Waals surface area contributed by atoms with Crippen molar-refractivity contribution >= 4 is 0 Å². The minimum atomic E-state index is -0.282. The number of aromatic nitrogens is 4. The average molecular weight is 291 g/mol. The molecule has 0 aliphatic carbocycles. The summed E-state index contributed by atoms with van der Waals surface area (Å²) in [6.07, 6.45) is 1.29. The molecule has 21 heavy (non-hydrogen) atoms. The first-order chi connectivity index (χ1) is 10.2. The molecule has 1 aromatic carbocycles. The van der Waals surface area contributed by atoms with Gasteiger partial charge in [-0.15, -0.1) is 5.10 Å². The highest BCUT2D eigenvalue weighted by molar-refractivity contribution is 5.35. The van der Waals surface area contributed by atoms with Crippen molar-refractivity contribution in [3.05, 3.63) is 36.2 Å². The van der Waals surface area contributed by atoms with Gasteiger partial charge in [0.25, 0.3) is 0 Å². The van der Waals surface area contributed by atoms with Crippen LogP contribution in [0.25, 0.3) is 5.69 Å². The molecule has 2 aromatic rings. The van der Waals surface area contributed by atoms with E-state index in [0.717, 1.165) is 11.3 Å². The van der Waals surface area contributed by atoms with Gasteiger partial charge in [-0.2, -0.15) is 0 Å². The molecule has 7 nitrogen and oxygen atoms in total. The lowest BCUT2D eigenvalue weighted by Gasteiger charge is -2.26. The summed E-state index contributed by atoms with van der Waals surface area (Å²) in [4.78, 5) is 0. The van der Waals surface area contributed by atoms with Crippen molar-refractivity contribution in [2.75, 3.05) is 14.2 Å². The van der Waals surface area contributed by atoms with Crippen molar-refractivity contribution in [1.82, 2.24) is 25.5 Å². The van der Waals surface area contributed by atoms with Gasteiger partial charge in [-0.3, -0.25) is 0 Å². The van der Waals surface area contributed by atoms with Gasteiger partial charge < -0.3 is 14.8 Å². The molecule has 2 unspecified atom stereocenters. The van der Waals surface area contributed by atoms with Crippen molar-refractivity contribution < 1.29 is 9.47 Å². The fourth-order valence-corrected chi connectivity index (χ4v) is 2.29. The average Bonchev–Trinajstić information content (AvgIpc) is 3.03. The Morgan fingerprint density at radius 3 is 2.57 bits per heavy atom. The molecule has 0 spiro atoms. The summed E-state index contributed by atoms with van der Waals surface area (Å²) >= 11 is 0. The van der Waals surface area contributed by atoms with E-state index in [0.29, 0.717) is 0 Å². The molecule has 0 saturated heterocycles. The topological polar surface area (TPSA) is 74.1 Å². The number of tetrazole rings is 1. The highest BCUT2D eigenvalue weighted by Crippen LogP contribution is 2.17. The second-order valence-corrected chi connectivity index (χ2v) is 4.87. The van der Waals surface area contributed by atoms with Gasteiger partial charge in [0.15, 0.2) is 6.29 Å². The van der Waals surface area contributed by atoms with Crippen molar-refractivity contribution in [2.45, 2.75) is 32.2 Å². The molecule has 7 heteroatoms. The number of nitrogens with zero attached hydrogens (tertiary/aromatic N) is 4. The summed E-state index contributed by atoms with van der Waals surface area (Å²) in [7, 11) is 3.27. The third-order valence-electron chi connectivity index (χ3n) is 3.37. The zero-order chi connectivity index (χ0) is 15.2. The molecular weight excluding hydrogens is 270 g/mol. The van der Waals surface area contributed by atoms with Crippen LogP contribution in [0.1, 0.15) is 25.5 Å². The van der Waals surface area contributed by atoms with Crippen molar-refractivity contribution in [2.24, 2.45) is 0 Å². The van der Waals surface area contributed by atoms with Crippen LogP contribution in [0.2, 0.25) is 0 Å². The molecule has 0 amide bonds. The zero-order valence-corrected chi connectivity index (χ0v) is 12.7. The third kappa shape index (κ3) is 3.84.